The van der Waals surface area contributed by atoms with Gasteiger partial charge in [0.05, 0.1) is 34.1 Å². The smallest absolute Gasteiger partial charge is 0.252 e. The fraction of sp³-hybridized carbons (Fsp3) is 0. The predicted octanol–water partition coefficient (Wildman–Crippen LogP) is 11.9. The van der Waals surface area contributed by atoms with Gasteiger partial charge in [-0.3, -0.25) is 0 Å². The normalized spacial score (nSPS) is 14.4. The Hall–Kier alpha value is -6.28. The third-order valence-corrected chi connectivity index (χ3v) is 13.8. The molecule has 8 aromatic carbocycles. The first kappa shape index (κ1) is 30.1. The second kappa shape index (κ2) is 11.1. The highest BCUT2D eigenvalue weighted by Crippen LogP contribution is 2.57. The second-order valence-corrected chi connectivity index (χ2v) is 16.6. The summed E-state index contributed by atoms with van der Waals surface area (Å²) in [5, 5.41) is 0. The standard InChI is InChI=1S/C48H28BN3OS2/c1-5-17-40-34(13-1)51-38-27-30(29-23-25-31(26-24-29)50-35-14-2-6-19-42(35)54-43-20-7-3-15-36(43)50)28-39-46(38)49(32-11-9-18-41(53-40)47(32)51)33-12-10-22-45-48(33)52(39)37-16-4-8-21-44(37)55-45/h1-28H. The summed E-state index contributed by atoms with van der Waals surface area (Å²) < 4.78 is 6.67. The zero-order valence-electron chi connectivity index (χ0n) is 29.3. The summed E-state index contributed by atoms with van der Waals surface area (Å²) in [4.78, 5) is 12.5. The van der Waals surface area contributed by atoms with E-state index in [1.165, 1.54) is 81.2 Å². The van der Waals surface area contributed by atoms with E-state index in [-0.39, 0.29) is 6.71 Å². The van der Waals surface area contributed by atoms with Crippen LogP contribution in [0.25, 0.3) is 11.1 Å². The Morgan fingerprint density at radius 3 is 1.58 bits per heavy atom. The van der Waals surface area contributed by atoms with Gasteiger partial charge in [0.2, 0.25) is 0 Å². The Balaban J connectivity index is 1.06. The number of fused-ring (bicyclic) bond motifs is 10. The molecule has 0 saturated heterocycles. The van der Waals surface area contributed by atoms with Crippen LogP contribution < -0.4 is 35.8 Å². The van der Waals surface area contributed by atoms with Gasteiger partial charge in [-0.1, -0.05) is 108 Å². The van der Waals surface area contributed by atoms with Gasteiger partial charge in [0.1, 0.15) is 0 Å². The first-order valence-corrected chi connectivity index (χ1v) is 20.3. The van der Waals surface area contributed by atoms with Crippen LogP contribution in [0.5, 0.6) is 11.5 Å². The maximum absolute atomic E-state index is 6.67. The molecule has 0 atom stereocenters. The Kier molecular flexibility index (Phi) is 6.09. The van der Waals surface area contributed by atoms with E-state index in [1.807, 2.05) is 23.5 Å². The summed E-state index contributed by atoms with van der Waals surface area (Å²) >= 11 is 3.71. The van der Waals surface area contributed by atoms with E-state index in [1.54, 1.807) is 0 Å². The highest BCUT2D eigenvalue weighted by Gasteiger charge is 2.47. The van der Waals surface area contributed by atoms with Crippen LogP contribution in [0.4, 0.5) is 51.2 Å². The van der Waals surface area contributed by atoms with Crippen molar-refractivity contribution in [2.75, 3.05) is 14.7 Å². The van der Waals surface area contributed by atoms with Crippen molar-refractivity contribution in [3.63, 3.8) is 0 Å². The second-order valence-electron chi connectivity index (χ2n) is 14.5. The lowest BCUT2D eigenvalue weighted by atomic mass is 9.33. The number of ether oxygens (including phenoxy) is 1. The quantitative estimate of drug-likeness (QED) is 0.163. The monoisotopic (exact) mass is 737 g/mol. The summed E-state index contributed by atoms with van der Waals surface area (Å²) in [6.07, 6.45) is 0. The van der Waals surface area contributed by atoms with Gasteiger partial charge in [-0.25, -0.2) is 0 Å². The van der Waals surface area contributed by atoms with Crippen LogP contribution >= 0.6 is 23.5 Å². The summed E-state index contributed by atoms with van der Waals surface area (Å²) in [5.74, 6) is 1.76. The predicted molar refractivity (Wildman–Crippen MR) is 229 cm³/mol. The molecule has 0 bridgehead atoms. The molecule has 4 nitrogen and oxygen atoms in total. The molecule has 5 aliphatic heterocycles. The van der Waals surface area contributed by atoms with Gasteiger partial charge < -0.3 is 19.4 Å². The van der Waals surface area contributed by atoms with Crippen molar-refractivity contribution >= 4 is 97.8 Å². The Morgan fingerprint density at radius 2 is 0.891 bits per heavy atom. The number of benzene rings is 8. The van der Waals surface area contributed by atoms with E-state index in [0.29, 0.717) is 0 Å². The van der Waals surface area contributed by atoms with E-state index in [4.69, 9.17) is 4.74 Å². The van der Waals surface area contributed by atoms with Gasteiger partial charge >= 0.3 is 0 Å². The molecule has 8 aromatic rings. The first-order chi connectivity index (χ1) is 27.3. The van der Waals surface area contributed by atoms with Crippen LogP contribution in [0.2, 0.25) is 0 Å². The zero-order chi connectivity index (χ0) is 35.8. The van der Waals surface area contributed by atoms with E-state index < -0.39 is 0 Å². The molecule has 0 amide bonds. The summed E-state index contributed by atoms with van der Waals surface area (Å²) in [6.45, 7) is 0.0515. The number of hydrogen-bond donors (Lipinski definition) is 0. The van der Waals surface area contributed by atoms with Crippen LogP contribution in [0.3, 0.4) is 0 Å². The zero-order valence-corrected chi connectivity index (χ0v) is 30.9. The molecule has 0 N–H and O–H groups in total. The third kappa shape index (κ3) is 4.11. The van der Waals surface area contributed by atoms with Crippen molar-refractivity contribution in [3.05, 3.63) is 170 Å². The highest BCUT2D eigenvalue weighted by atomic mass is 32.2. The molecule has 5 heterocycles. The number of nitrogens with zero attached hydrogens (tertiary/aromatic N) is 3. The fourth-order valence-corrected chi connectivity index (χ4v) is 11.5. The van der Waals surface area contributed by atoms with E-state index in [9.17, 15) is 0 Å². The number of anilines is 9. The number of hydrogen-bond acceptors (Lipinski definition) is 6. The molecule has 0 spiro atoms. The molecular formula is C48H28BN3OS2. The van der Waals surface area contributed by atoms with Crippen LogP contribution in [0.1, 0.15) is 0 Å². The van der Waals surface area contributed by atoms with Gasteiger partial charge in [-0.15, -0.1) is 0 Å². The van der Waals surface area contributed by atoms with Gasteiger partial charge in [-0.2, -0.15) is 0 Å². The molecule has 0 aliphatic carbocycles. The average Bonchev–Trinajstić information content (AvgIpc) is 3.24. The number of para-hydroxylation sites is 7. The van der Waals surface area contributed by atoms with Crippen molar-refractivity contribution in [1.82, 2.24) is 0 Å². The van der Waals surface area contributed by atoms with E-state index in [0.717, 1.165) is 28.6 Å². The van der Waals surface area contributed by atoms with Crippen molar-refractivity contribution in [2.24, 2.45) is 0 Å². The molecule has 0 fully saturated rings. The summed E-state index contributed by atoms with van der Waals surface area (Å²) in [6, 6.07) is 62.2. The summed E-state index contributed by atoms with van der Waals surface area (Å²) in [5.41, 5.74) is 17.0. The van der Waals surface area contributed by atoms with Gasteiger partial charge in [0, 0.05) is 36.6 Å². The molecule has 0 saturated carbocycles. The van der Waals surface area contributed by atoms with Crippen molar-refractivity contribution < 1.29 is 4.74 Å². The van der Waals surface area contributed by atoms with Crippen LogP contribution in [-0.2, 0) is 0 Å². The molecule has 13 rings (SSSR count). The Labute approximate surface area is 327 Å². The average molecular weight is 738 g/mol. The molecule has 256 valence electrons. The minimum Gasteiger partial charge on any atom is -0.453 e. The Bertz CT molecular complexity index is 2790. The fourth-order valence-electron chi connectivity index (χ4n) is 9.34. The largest absolute Gasteiger partial charge is 0.453 e. The number of rotatable bonds is 2. The lowest BCUT2D eigenvalue weighted by Crippen LogP contribution is -2.62. The molecule has 7 heteroatoms. The minimum atomic E-state index is 0.0515. The lowest BCUT2D eigenvalue weighted by molar-refractivity contribution is 0.477. The van der Waals surface area contributed by atoms with Crippen molar-refractivity contribution in [3.8, 4) is 22.6 Å². The van der Waals surface area contributed by atoms with Gasteiger partial charge in [-0.05, 0) is 112 Å². The SMILES string of the molecule is c1ccc2c(c1)Oc1cccc3c1N2c1cc(-c2ccc(N4c5ccccc5Sc5ccccc54)cc2)cc2c1B3c1cccc3c1N2c1ccccc1S3. The van der Waals surface area contributed by atoms with Crippen LogP contribution in [-0.4, -0.2) is 6.71 Å². The van der Waals surface area contributed by atoms with Crippen molar-refractivity contribution in [1.29, 1.82) is 0 Å². The maximum atomic E-state index is 6.67. The molecule has 5 aliphatic rings. The van der Waals surface area contributed by atoms with Gasteiger partial charge in [0.15, 0.2) is 11.5 Å². The Morgan fingerprint density at radius 1 is 0.382 bits per heavy atom. The molecule has 0 aromatic heterocycles. The van der Waals surface area contributed by atoms with Crippen LogP contribution in [0.15, 0.2) is 189 Å². The lowest BCUT2D eigenvalue weighted by Gasteiger charge is -2.47. The topological polar surface area (TPSA) is 19.0 Å². The van der Waals surface area contributed by atoms with Gasteiger partial charge in [0.25, 0.3) is 6.71 Å². The van der Waals surface area contributed by atoms with Crippen LogP contribution in [0, 0.1) is 0 Å². The molecular weight excluding hydrogens is 709 g/mol. The molecule has 0 unspecified atom stereocenters. The van der Waals surface area contributed by atoms with E-state index in [2.05, 4.69) is 185 Å². The van der Waals surface area contributed by atoms with Crippen molar-refractivity contribution in [2.45, 2.75) is 19.6 Å². The molecule has 0 radical (unpaired) electrons. The van der Waals surface area contributed by atoms with E-state index >= 15 is 0 Å². The highest BCUT2D eigenvalue weighted by molar-refractivity contribution is 8.00. The maximum Gasteiger partial charge on any atom is 0.252 e. The first-order valence-electron chi connectivity index (χ1n) is 18.6. The third-order valence-electron chi connectivity index (χ3n) is 11.6. The molecule has 55 heavy (non-hydrogen) atoms. The minimum absolute atomic E-state index is 0.0515. The summed E-state index contributed by atoms with van der Waals surface area (Å²) in [7, 11) is 0.